The van der Waals surface area contributed by atoms with E-state index < -0.39 is 11.6 Å². The summed E-state index contributed by atoms with van der Waals surface area (Å²) in [5, 5.41) is 12.2. The van der Waals surface area contributed by atoms with Crippen molar-refractivity contribution >= 4 is 11.9 Å². The van der Waals surface area contributed by atoms with Gasteiger partial charge in [-0.1, -0.05) is 30.3 Å². The van der Waals surface area contributed by atoms with Crippen molar-refractivity contribution in [1.29, 1.82) is 0 Å². The largest absolute Gasteiger partial charge is 0.453 e. The molecule has 0 spiro atoms. The van der Waals surface area contributed by atoms with Crippen LogP contribution < -0.4 is 5.32 Å². The van der Waals surface area contributed by atoms with E-state index >= 15 is 0 Å². The Morgan fingerprint density at radius 2 is 1.90 bits per heavy atom. The highest BCUT2D eigenvalue weighted by atomic mass is 16.6. The summed E-state index contributed by atoms with van der Waals surface area (Å²) in [6.45, 7) is 2.81. The van der Waals surface area contributed by atoms with Crippen molar-refractivity contribution in [2.45, 2.75) is 37.7 Å². The Balaban J connectivity index is 1.79. The van der Waals surface area contributed by atoms with Gasteiger partial charge in [-0.3, -0.25) is 4.79 Å². The fourth-order valence-electron chi connectivity index (χ4n) is 2.14. The fourth-order valence-corrected chi connectivity index (χ4v) is 2.14. The number of rotatable bonds is 6. The lowest BCUT2D eigenvalue weighted by Crippen LogP contribution is -2.38. The number of carbonyl (C=O) groups is 2. The number of hydrogen-bond donors (Lipinski definition) is 2. The summed E-state index contributed by atoms with van der Waals surface area (Å²) < 4.78 is 4.76. The molecule has 1 aromatic carbocycles. The van der Waals surface area contributed by atoms with Crippen LogP contribution in [0.5, 0.6) is 0 Å². The van der Waals surface area contributed by atoms with Crippen LogP contribution in [-0.2, 0) is 19.7 Å². The maximum atomic E-state index is 11.7. The smallest absolute Gasteiger partial charge is 0.338 e. The lowest BCUT2D eigenvalue weighted by Gasteiger charge is -2.18. The van der Waals surface area contributed by atoms with Crippen LogP contribution in [0.2, 0.25) is 0 Å². The lowest BCUT2D eigenvalue weighted by atomic mass is 9.96. The summed E-state index contributed by atoms with van der Waals surface area (Å²) in [7, 11) is 0. The van der Waals surface area contributed by atoms with Gasteiger partial charge in [0.2, 0.25) is 0 Å². The van der Waals surface area contributed by atoms with Crippen molar-refractivity contribution in [3.8, 4) is 0 Å². The number of nitrogens with one attached hydrogen (secondary N) is 1. The summed E-state index contributed by atoms with van der Waals surface area (Å²) in [5.41, 5.74) is -0.335. The molecule has 0 aliphatic heterocycles. The quantitative estimate of drug-likeness (QED) is 0.771. The van der Waals surface area contributed by atoms with E-state index in [4.69, 9.17) is 4.74 Å². The predicted molar refractivity (Wildman–Crippen MR) is 77.6 cm³/mol. The fraction of sp³-hybridized carbons (Fsp3) is 0.500. The van der Waals surface area contributed by atoms with Gasteiger partial charge in [-0.2, -0.15) is 0 Å². The summed E-state index contributed by atoms with van der Waals surface area (Å²) in [6, 6.07) is 10.1. The van der Waals surface area contributed by atoms with E-state index in [1.165, 1.54) is 19.4 Å². The van der Waals surface area contributed by atoms with Gasteiger partial charge in [-0.05, 0) is 32.3 Å². The van der Waals surface area contributed by atoms with Gasteiger partial charge in [0.1, 0.15) is 0 Å². The molecule has 1 aromatic rings. The first-order valence-corrected chi connectivity index (χ1v) is 7.05. The van der Waals surface area contributed by atoms with Gasteiger partial charge in [0, 0.05) is 12.0 Å². The molecule has 5 nitrogen and oxygen atoms in total. The van der Waals surface area contributed by atoms with Crippen molar-refractivity contribution in [3.05, 3.63) is 35.9 Å². The van der Waals surface area contributed by atoms with Crippen LogP contribution in [0.1, 0.15) is 32.3 Å². The Hall–Kier alpha value is -1.88. The van der Waals surface area contributed by atoms with E-state index in [0.717, 1.165) is 12.8 Å². The number of amides is 1. The minimum absolute atomic E-state index is 0.0250. The first-order chi connectivity index (χ1) is 9.83. The molecule has 0 atom stereocenters. The highest BCUT2D eigenvalue weighted by Crippen LogP contribution is 2.47. The molecule has 21 heavy (non-hydrogen) atoms. The minimum atomic E-state index is -1.58. The highest BCUT2D eigenvalue weighted by Gasteiger charge is 2.44. The Bertz CT molecular complexity index is 515. The zero-order valence-electron chi connectivity index (χ0n) is 12.4. The Morgan fingerprint density at radius 3 is 2.43 bits per heavy atom. The zero-order valence-corrected chi connectivity index (χ0v) is 12.4. The van der Waals surface area contributed by atoms with Crippen LogP contribution in [0.3, 0.4) is 0 Å². The van der Waals surface area contributed by atoms with Gasteiger partial charge in [-0.15, -0.1) is 0 Å². The van der Waals surface area contributed by atoms with Crippen LogP contribution in [0.4, 0.5) is 0 Å². The molecule has 0 bridgehead atoms. The Kier molecular flexibility index (Phi) is 4.32. The van der Waals surface area contributed by atoms with Crippen LogP contribution in [0.15, 0.2) is 30.3 Å². The molecule has 1 aliphatic carbocycles. The summed E-state index contributed by atoms with van der Waals surface area (Å²) in [4.78, 5) is 23.1. The van der Waals surface area contributed by atoms with Gasteiger partial charge in [0.05, 0.1) is 0 Å². The molecule has 0 radical (unpaired) electrons. The minimum Gasteiger partial charge on any atom is -0.453 e. The molecule has 114 valence electrons. The second kappa shape index (κ2) is 5.85. The molecular weight excluding hydrogens is 270 g/mol. The molecule has 2 N–H and O–H groups in total. The summed E-state index contributed by atoms with van der Waals surface area (Å²) >= 11 is 0. The number of benzene rings is 1. The third kappa shape index (κ3) is 4.04. The third-order valence-corrected chi connectivity index (χ3v) is 3.70. The number of aliphatic hydroxyl groups is 1. The monoisotopic (exact) mass is 291 g/mol. The molecule has 1 amide bonds. The van der Waals surface area contributed by atoms with Crippen molar-refractivity contribution < 1.29 is 19.4 Å². The topological polar surface area (TPSA) is 75.6 Å². The molecule has 0 unspecified atom stereocenters. The third-order valence-electron chi connectivity index (χ3n) is 3.70. The molecule has 0 heterocycles. The number of ether oxygens (including phenoxy) is 1. The normalized spacial score (nSPS) is 16.1. The highest BCUT2D eigenvalue weighted by molar-refractivity contribution is 5.83. The zero-order chi connectivity index (χ0) is 15.5. The van der Waals surface area contributed by atoms with E-state index in [1.54, 1.807) is 0 Å². The van der Waals surface area contributed by atoms with Gasteiger partial charge < -0.3 is 15.2 Å². The second-order valence-electron chi connectivity index (χ2n) is 6.06. The van der Waals surface area contributed by atoms with Gasteiger partial charge in [-0.25, -0.2) is 4.79 Å². The molecule has 5 heteroatoms. The van der Waals surface area contributed by atoms with E-state index in [0.29, 0.717) is 6.54 Å². The average molecular weight is 291 g/mol. The van der Waals surface area contributed by atoms with Crippen LogP contribution in [0, 0.1) is 0 Å². The van der Waals surface area contributed by atoms with Gasteiger partial charge in [0.25, 0.3) is 5.91 Å². The Labute approximate surface area is 124 Å². The summed E-state index contributed by atoms with van der Waals surface area (Å²) in [6.07, 6.45) is 2.08. The molecular formula is C16H21NO4. The van der Waals surface area contributed by atoms with Crippen molar-refractivity contribution in [1.82, 2.24) is 5.32 Å². The standard InChI is InChI=1S/C16H21NO4/c1-15(2,20)14(19)21-10-13(18)17-11-16(8-9-16)12-6-4-3-5-7-12/h3-7,20H,8-11H2,1-2H3,(H,17,18). The van der Waals surface area contributed by atoms with Crippen molar-refractivity contribution in [2.75, 3.05) is 13.2 Å². The van der Waals surface area contributed by atoms with Crippen LogP contribution in [0.25, 0.3) is 0 Å². The molecule has 0 aromatic heterocycles. The number of hydrogen-bond acceptors (Lipinski definition) is 4. The first kappa shape index (κ1) is 15.5. The molecule has 1 saturated carbocycles. The van der Waals surface area contributed by atoms with E-state index in [2.05, 4.69) is 17.4 Å². The van der Waals surface area contributed by atoms with E-state index in [1.807, 2.05) is 18.2 Å². The molecule has 1 fully saturated rings. The molecule has 2 rings (SSSR count). The predicted octanol–water partition coefficient (Wildman–Crippen LogP) is 1.15. The van der Waals surface area contributed by atoms with E-state index in [9.17, 15) is 14.7 Å². The van der Waals surface area contributed by atoms with Crippen molar-refractivity contribution in [2.24, 2.45) is 0 Å². The molecule has 0 saturated heterocycles. The molecule has 1 aliphatic rings. The van der Waals surface area contributed by atoms with Crippen LogP contribution >= 0.6 is 0 Å². The SMILES string of the molecule is CC(C)(O)C(=O)OCC(=O)NCC1(c2ccccc2)CC1. The van der Waals surface area contributed by atoms with Gasteiger partial charge in [0.15, 0.2) is 12.2 Å². The number of esters is 1. The van der Waals surface area contributed by atoms with E-state index in [-0.39, 0.29) is 17.9 Å². The second-order valence-corrected chi connectivity index (χ2v) is 6.06. The van der Waals surface area contributed by atoms with Gasteiger partial charge >= 0.3 is 5.97 Å². The average Bonchev–Trinajstić information content (AvgIpc) is 3.23. The number of carbonyl (C=O) groups excluding carboxylic acids is 2. The van der Waals surface area contributed by atoms with Crippen LogP contribution in [-0.4, -0.2) is 35.7 Å². The maximum absolute atomic E-state index is 11.7. The summed E-state index contributed by atoms with van der Waals surface area (Å²) in [5.74, 6) is -1.16. The lowest BCUT2D eigenvalue weighted by molar-refractivity contribution is -0.164. The Morgan fingerprint density at radius 1 is 1.29 bits per heavy atom. The maximum Gasteiger partial charge on any atom is 0.338 e. The first-order valence-electron chi connectivity index (χ1n) is 7.05. The van der Waals surface area contributed by atoms with Crippen molar-refractivity contribution in [3.63, 3.8) is 0 Å².